The third kappa shape index (κ3) is 6.05. The van der Waals surface area contributed by atoms with Gasteiger partial charge in [0.25, 0.3) is 11.8 Å². The average molecular weight is 418 g/mol. The number of amides is 2. The van der Waals surface area contributed by atoms with Gasteiger partial charge in [0.1, 0.15) is 4.88 Å². The van der Waals surface area contributed by atoms with Gasteiger partial charge in [0.15, 0.2) is 6.61 Å². The quantitative estimate of drug-likeness (QED) is 0.509. The standard InChI is InChI=1S/C21H27N3O4S/c1-5-17-14(4)12-18(29-17)21(27)28-13-19(25)22-23-20(26)15-8-10-16(11-9-15)24(6-2)7-3/h8-12H,5-7,13H2,1-4H3,(H,22,25)(H,23,26). The maximum Gasteiger partial charge on any atom is 0.348 e. The van der Waals surface area contributed by atoms with E-state index in [9.17, 15) is 14.4 Å². The Morgan fingerprint density at radius 3 is 2.24 bits per heavy atom. The van der Waals surface area contributed by atoms with E-state index in [0.29, 0.717) is 10.4 Å². The molecule has 0 radical (unpaired) electrons. The molecule has 29 heavy (non-hydrogen) atoms. The van der Waals surface area contributed by atoms with Gasteiger partial charge in [-0.25, -0.2) is 4.79 Å². The molecule has 2 amide bonds. The van der Waals surface area contributed by atoms with Crippen LogP contribution in [0.4, 0.5) is 5.69 Å². The number of esters is 1. The fraction of sp³-hybridized carbons (Fsp3) is 0.381. The van der Waals surface area contributed by atoms with Gasteiger partial charge in [0.05, 0.1) is 0 Å². The number of nitrogens with one attached hydrogen (secondary N) is 2. The molecule has 1 heterocycles. The first-order chi connectivity index (χ1) is 13.9. The maximum absolute atomic E-state index is 12.2. The van der Waals surface area contributed by atoms with Gasteiger partial charge in [-0.05, 0) is 63.1 Å². The second kappa shape index (κ2) is 10.6. The monoisotopic (exact) mass is 417 g/mol. The van der Waals surface area contributed by atoms with Crippen molar-refractivity contribution >= 4 is 34.8 Å². The molecule has 1 aromatic carbocycles. The zero-order valence-electron chi connectivity index (χ0n) is 17.2. The first kappa shape index (κ1) is 22.4. The predicted octanol–water partition coefficient (Wildman–Crippen LogP) is 3.08. The molecule has 0 spiro atoms. The summed E-state index contributed by atoms with van der Waals surface area (Å²) in [4.78, 5) is 39.8. The molecule has 0 unspecified atom stereocenters. The van der Waals surface area contributed by atoms with Gasteiger partial charge >= 0.3 is 5.97 Å². The first-order valence-electron chi connectivity index (χ1n) is 9.60. The van der Waals surface area contributed by atoms with Gasteiger partial charge in [0, 0.05) is 29.2 Å². The van der Waals surface area contributed by atoms with E-state index in [1.165, 1.54) is 11.3 Å². The number of thiophene rings is 1. The summed E-state index contributed by atoms with van der Waals surface area (Å²) < 4.78 is 5.01. The molecule has 0 fully saturated rings. The third-order valence-electron chi connectivity index (χ3n) is 4.45. The zero-order valence-corrected chi connectivity index (χ0v) is 18.0. The number of rotatable bonds is 8. The van der Waals surface area contributed by atoms with E-state index in [0.717, 1.165) is 35.6 Å². The molecule has 7 nitrogen and oxygen atoms in total. The van der Waals surface area contributed by atoms with Crippen LogP contribution in [0.3, 0.4) is 0 Å². The van der Waals surface area contributed by atoms with E-state index in [1.54, 1.807) is 18.2 Å². The number of nitrogens with zero attached hydrogens (tertiary/aromatic N) is 1. The Kier molecular flexibility index (Phi) is 8.21. The minimum absolute atomic E-state index is 0.416. The molecule has 1 aromatic heterocycles. The molecular weight excluding hydrogens is 390 g/mol. The molecule has 2 rings (SSSR count). The number of hydrazine groups is 1. The van der Waals surface area contributed by atoms with Crippen LogP contribution in [0.15, 0.2) is 30.3 Å². The topological polar surface area (TPSA) is 87.7 Å². The lowest BCUT2D eigenvalue weighted by Gasteiger charge is -2.21. The van der Waals surface area contributed by atoms with Crippen molar-refractivity contribution in [2.45, 2.75) is 34.1 Å². The van der Waals surface area contributed by atoms with Crippen molar-refractivity contribution in [3.8, 4) is 0 Å². The number of carbonyl (C=O) groups is 3. The van der Waals surface area contributed by atoms with Crippen LogP contribution < -0.4 is 15.8 Å². The molecule has 0 aliphatic rings. The SMILES string of the molecule is CCc1sc(C(=O)OCC(=O)NNC(=O)c2ccc(N(CC)CC)cc2)cc1C. The Balaban J connectivity index is 1.80. The number of aryl methyl sites for hydroxylation is 2. The highest BCUT2D eigenvalue weighted by atomic mass is 32.1. The van der Waals surface area contributed by atoms with Gasteiger partial charge < -0.3 is 9.64 Å². The van der Waals surface area contributed by atoms with Crippen molar-refractivity contribution in [1.29, 1.82) is 0 Å². The zero-order chi connectivity index (χ0) is 21.4. The molecule has 0 atom stereocenters. The van der Waals surface area contributed by atoms with Gasteiger partial charge in [-0.1, -0.05) is 6.92 Å². The number of benzene rings is 1. The number of hydrogen-bond acceptors (Lipinski definition) is 6. The molecule has 0 aliphatic carbocycles. The van der Waals surface area contributed by atoms with E-state index in [-0.39, 0.29) is 0 Å². The van der Waals surface area contributed by atoms with Crippen LogP contribution in [-0.2, 0) is 16.0 Å². The molecule has 0 saturated heterocycles. The summed E-state index contributed by atoms with van der Waals surface area (Å²) >= 11 is 1.36. The van der Waals surface area contributed by atoms with E-state index in [1.807, 2.05) is 26.0 Å². The first-order valence-corrected chi connectivity index (χ1v) is 10.4. The summed E-state index contributed by atoms with van der Waals surface area (Å²) in [7, 11) is 0. The molecule has 0 saturated carbocycles. The highest BCUT2D eigenvalue weighted by Gasteiger charge is 2.15. The number of carbonyl (C=O) groups excluding carboxylic acids is 3. The van der Waals surface area contributed by atoms with E-state index < -0.39 is 24.4 Å². The van der Waals surface area contributed by atoms with E-state index >= 15 is 0 Å². The highest BCUT2D eigenvalue weighted by Crippen LogP contribution is 2.23. The normalized spacial score (nSPS) is 10.3. The smallest absolute Gasteiger partial charge is 0.348 e. The lowest BCUT2D eigenvalue weighted by Crippen LogP contribution is -2.43. The molecular formula is C21H27N3O4S. The number of hydrogen-bond donors (Lipinski definition) is 2. The van der Waals surface area contributed by atoms with Crippen molar-refractivity contribution in [2.75, 3.05) is 24.6 Å². The molecule has 2 aromatic rings. The van der Waals surface area contributed by atoms with Gasteiger partial charge in [-0.2, -0.15) is 0 Å². The second-order valence-electron chi connectivity index (χ2n) is 6.37. The minimum Gasteiger partial charge on any atom is -0.451 e. The second-order valence-corrected chi connectivity index (χ2v) is 7.50. The number of ether oxygens (including phenoxy) is 1. The minimum atomic E-state index is -0.615. The van der Waals surface area contributed by atoms with Crippen LogP contribution in [-0.4, -0.2) is 37.5 Å². The predicted molar refractivity (Wildman–Crippen MR) is 114 cm³/mol. The average Bonchev–Trinajstić information content (AvgIpc) is 3.12. The van der Waals surface area contributed by atoms with Crippen LogP contribution in [0.25, 0.3) is 0 Å². The summed E-state index contributed by atoms with van der Waals surface area (Å²) in [6.07, 6.45) is 0.839. The largest absolute Gasteiger partial charge is 0.451 e. The van der Waals surface area contributed by atoms with Crippen molar-refractivity contribution in [1.82, 2.24) is 10.9 Å². The maximum atomic E-state index is 12.2. The third-order valence-corrected chi connectivity index (χ3v) is 5.81. The lowest BCUT2D eigenvalue weighted by atomic mass is 10.2. The molecule has 0 aliphatic heterocycles. The molecule has 156 valence electrons. The Morgan fingerprint density at radius 2 is 1.69 bits per heavy atom. The Morgan fingerprint density at radius 1 is 1.03 bits per heavy atom. The van der Waals surface area contributed by atoms with Crippen LogP contribution >= 0.6 is 11.3 Å². The fourth-order valence-electron chi connectivity index (χ4n) is 2.82. The lowest BCUT2D eigenvalue weighted by molar-refractivity contribution is -0.125. The van der Waals surface area contributed by atoms with Crippen molar-refractivity contribution < 1.29 is 19.1 Å². The van der Waals surface area contributed by atoms with Crippen molar-refractivity contribution in [3.63, 3.8) is 0 Å². The fourth-order valence-corrected chi connectivity index (χ4v) is 3.83. The van der Waals surface area contributed by atoms with Crippen molar-refractivity contribution in [2.24, 2.45) is 0 Å². The van der Waals surface area contributed by atoms with E-state index in [2.05, 4.69) is 29.6 Å². The summed E-state index contributed by atoms with van der Waals surface area (Å²) in [5.41, 5.74) is 7.05. The summed E-state index contributed by atoms with van der Waals surface area (Å²) in [5, 5.41) is 0. The molecule has 2 N–H and O–H groups in total. The van der Waals surface area contributed by atoms with Crippen LogP contribution in [0.5, 0.6) is 0 Å². The van der Waals surface area contributed by atoms with Crippen LogP contribution in [0.2, 0.25) is 0 Å². The Hall–Kier alpha value is -2.87. The van der Waals surface area contributed by atoms with Crippen molar-refractivity contribution in [3.05, 3.63) is 51.2 Å². The molecule has 8 heteroatoms. The Labute approximate surface area is 175 Å². The number of anilines is 1. The van der Waals surface area contributed by atoms with Crippen LogP contribution in [0, 0.1) is 6.92 Å². The van der Waals surface area contributed by atoms with E-state index in [4.69, 9.17) is 4.74 Å². The summed E-state index contributed by atoms with van der Waals surface area (Å²) in [5.74, 6) is -1.61. The highest BCUT2D eigenvalue weighted by molar-refractivity contribution is 7.14. The molecule has 0 bridgehead atoms. The summed E-state index contributed by atoms with van der Waals surface area (Å²) in [6.45, 7) is 9.36. The van der Waals surface area contributed by atoms with Gasteiger partial charge in [-0.15, -0.1) is 11.3 Å². The van der Waals surface area contributed by atoms with Gasteiger partial charge in [0.2, 0.25) is 0 Å². The van der Waals surface area contributed by atoms with Crippen LogP contribution in [0.1, 0.15) is 51.2 Å². The Bertz CT molecular complexity index is 857. The summed E-state index contributed by atoms with van der Waals surface area (Å²) in [6, 6.07) is 8.87. The van der Waals surface area contributed by atoms with Gasteiger partial charge in [-0.3, -0.25) is 20.4 Å².